The lowest BCUT2D eigenvalue weighted by Crippen LogP contribution is -2.36. The molecule has 0 spiro atoms. The van der Waals surface area contributed by atoms with Crippen molar-refractivity contribution in [2.45, 2.75) is 31.2 Å². The van der Waals surface area contributed by atoms with E-state index in [0.29, 0.717) is 11.1 Å². The molecule has 0 aliphatic carbocycles. The van der Waals surface area contributed by atoms with Gasteiger partial charge in [-0.2, -0.15) is 0 Å². The normalized spacial score (nSPS) is 13.6. The average molecular weight is 389 g/mol. The molecule has 2 rings (SSSR count). The number of amides is 1. The lowest BCUT2D eigenvalue weighted by molar-refractivity contribution is -0.142. The van der Waals surface area contributed by atoms with Gasteiger partial charge in [0.1, 0.15) is 0 Å². The van der Waals surface area contributed by atoms with E-state index < -0.39 is 27.8 Å². The van der Waals surface area contributed by atoms with E-state index >= 15 is 0 Å². The van der Waals surface area contributed by atoms with Crippen molar-refractivity contribution in [2.75, 3.05) is 5.75 Å². The molecule has 2 unspecified atom stereocenters. The van der Waals surface area contributed by atoms with E-state index in [1.807, 2.05) is 6.07 Å². The van der Waals surface area contributed by atoms with Crippen LogP contribution in [-0.2, 0) is 25.8 Å². The van der Waals surface area contributed by atoms with Gasteiger partial charge < -0.3 is 10.4 Å². The molecule has 0 bridgehead atoms. The van der Waals surface area contributed by atoms with Gasteiger partial charge in [-0.25, -0.2) is 8.42 Å². The van der Waals surface area contributed by atoms with Gasteiger partial charge in [0, 0.05) is 0 Å². The molecule has 6 nitrogen and oxygen atoms in total. The number of carbonyl (C=O) groups excluding carboxylic acids is 1. The summed E-state index contributed by atoms with van der Waals surface area (Å²) in [4.78, 5) is 24.1. The number of rotatable bonds is 8. The summed E-state index contributed by atoms with van der Waals surface area (Å²) in [5.74, 6) is -2.12. The second-order valence-corrected chi connectivity index (χ2v) is 8.59. The molecular weight excluding hydrogens is 366 g/mol. The number of aliphatic carboxylic acids is 1. The molecule has 0 radical (unpaired) electrons. The molecule has 144 valence electrons. The first-order valence-electron chi connectivity index (χ1n) is 8.63. The highest BCUT2D eigenvalue weighted by molar-refractivity contribution is 7.91. The maximum atomic E-state index is 12.4. The average Bonchev–Trinajstić information content (AvgIpc) is 2.66. The summed E-state index contributed by atoms with van der Waals surface area (Å²) in [6.45, 7) is 3.12. The molecule has 0 saturated heterocycles. The fraction of sp³-hybridized carbons (Fsp3) is 0.300. The smallest absolute Gasteiger partial charge is 0.308 e. The second kappa shape index (κ2) is 8.81. The molecule has 0 heterocycles. The highest BCUT2D eigenvalue weighted by Gasteiger charge is 2.26. The highest BCUT2D eigenvalue weighted by Crippen LogP contribution is 2.22. The van der Waals surface area contributed by atoms with Crippen LogP contribution in [0.2, 0.25) is 0 Å². The van der Waals surface area contributed by atoms with Crippen LogP contribution in [0.25, 0.3) is 0 Å². The van der Waals surface area contributed by atoms with Crippen LogP contribution in [0.3, 0.4) is 0 Å². The Balaban J connectivity index is 2.13. The number of carboxylic acids is 1. The van der Waals surface area contributed by atoms with Crippen LogP contribution in [0, 0.1) is 5.92 Å². The van der Waals surface area contributed by atoms with Crippen molar-refractivity contribution >= 4 is 21.7 Å². The number of benzene rings is 2. The van der Waals surface area contributed by atoms with Crippen molar-refractivity contribution in [1.82, 2.24) is 5.32 Å². The van der Waals surface area contributed by atoms with Gasteiger partial charge in [0.2, 0.25) is 5.91 Å². The molecule has 1 amide bonds. The van der Waals surface area contributed by atoms with Crippen LogP contribution < -0.4 is 5.32 Å². The SMILES string of the molecule is CCS(=O)(=O)c1ccc(CC(=O)NC(c2ccccc2)C(C)C(=O)O)cc1. The zero-order valence-corrected chi connectivity index (χ0v) is 16.1. The van der Waals surface area contributed by atoms with Crippen molar-refractivity contribution in [3.8, 4) is 0 Å². The molecule has 2 aromatic carbocycles. The van der Waals surface area contributed by atoms with Gasteiger partial charge in [0.05, 0.1) is 29.0 Å². The van der Waals surface area contributed by atoms with Crippen molar-refractivity contribution in [3.63, 3.8) is 0 Å². The van der Waals surface area contributed by atoms with Crippen LogP contribution in [0.15, 0.2) is 59.5 Å². The summed E-state index contributed by atoms with van der Waals surface area (Å²) in [7, 11) is -3.29. The van der Waals surface area contributed by atoms with E-state index in [-0.39, 0.29) is 23.0 Å². The number of carboxylic acid groups (broad SMARTS) is 1. The van der Waals surface area contributed by atoms with Gasteiger partial charge >= 0.3 is 5.97 Å². The third-order valence-electron chi connectivity index (χ3n) is 4.39. The Bertz CT molecular complexity index is 892. The van der Waals surface area contributed by atoms with Crippen LogP contribution in [0.1, 0.15) is 31.0 Å². The molecule has 0 aliphatic heterocycles. The molecule has 2 atom stereocenters. The van der Waals surface area contributed by atoms with Gasteiger partial charge in [0.15, 0.2) is 9.84 Å². The minimum absolute atomic E-state index is 0.0126. The fourth-order valence-electron chi connectivity index (χ4n) is 2.69. The van der Waals surface area contributed by atoms with Crippen LogP contribution in [-0.4, -0.2) is 31.2 Å². The minimum atomic E-state index is -3.29. The highest BCUT2D eigenvalue weighted by atomic mass is 32.2. The molecule has 7 heteroatoms. The Kier molecular flexibility index (Phi) is 6.74. The Hall–Kier alpha value is -2.67. The fourth-order valence-corrected chi connectivity index (χ4v) is 3.58. The van der Waals surface area contributed by atoms with Gasteiger partial charge in [-0.15, -0.1) is 0 Å². The summed E-state index contributed by atoms with van der Waals surface area (Å²) in [6.07, 6.45) is 0.0299. The lowest BCUT2D eigenvalue weighted by Gasteiger charge is -2.23. The summed E-state index contributed by atoms with van der Waals surface area (Å²) in [6, 6.07) is 14.4. The van der Waals surface area contributed by atoms with Gasteiger partial charge in [-0.3, -0.25) is 9.59 Å². The lowest BCUT2D eigenvalue weighted by atomic mass is 9.94. The molecule has 0 fully saturated rings. The first kappa shape index (κ1) is 20.6. The van der Waals surface area contributed by atoms with Crippen LogP contribution >= 0.6 is 0 Å². The third kappa shape index (κ3) is 5.40. The topological polar surface area (TPSA) is 101 Å². The number of sulfone groups is 1. The van der Waals surface area contributed by atoms with E-state index in [0.717, 1.165) is 0 Å². The summed E-state index contributed by atoms with van der Waals surface area (Å²) >= 11 is 0. The monoisotopic (exact) mass is 389 g/mol. The van der Waals surface area contributed by atoms with E-state index in [1.54, 1.807) is 50.2 Å². The molecule has 0 aliphatic rings. The Morgan fingerprint density at radius 2 is 1.63 bits per heavy atom. The largest absolute Gasteiger partial charge is 0.481 e. The first-order valence-corrected chi connectivity index (χ1v) is 10.3. The van der Waals surface area contributed by atoms with Gasteiger partial charge in [0.25, 0.3) is 0 Å². The Labute approximate surface area is 159 Å². The predicted octanol–water partition coefficient (Wildman–Crippen LogP) is 2.60. The molecule has 2 aromatic rings. The zero-order valence-electron chi connectivity index (χ0n) is 15.3. The third-order valence-corrected chi connectivity index (χ3v) is 6.14. The van der Waals surface area contributed by atoms with Gasteiger partial charge in [-0.1, -0.05) is 49.4 Å². The number of hydrogen-bond acceptors (Lipinski definition) is 4. The Morgan fingerprint density at radius 3 is 2.15 bits per heavy atom. The number of carbonyl (C=O) groups is 2. The van der Waals surface area contributed by atoms with Crippen molar-refractivity contribution < 1.29 is 23.1 Å². The molecular formula is C20H23NO5S. The number of nitrogens with one attached hydrogen (secondary N) is 1. The first-order chi connectivity index (χ1) is 12.7. The zero-order chi connectivity index (χ0) is 20.0. The summed E-state index contributed by atoms with van der Waals surface area (Å²) in [5.41, 5.74) is 1.36. The van der Waals surface area contributed by atoms with Crippen LogP contribution in [0.4, 0.5) is 0 Å². The summed E-state index contributed by atoms with van der Waals surface area (Å²) < 4.78 is 23.7. The van der Waals surface area contributed by atoms with E-state index in [4.69, 9.17) is 0 Å². The van der Waals surface area contributed by atoms with Crippen LogP contribution in [0.5, 0.6) is 0 Å². The predicted molar refractivity (Wildman–Crippen MR) is 102 cm³/mol. The standard InChI is InChI=1S/C20H23NO5S/c1-3-27(25,26)17-11-9-15(10-12-17)13-18(22)21-19(14(2)20(23)24)16-7-5-4-6-8-16/h4-12,14,19H,3,13H2,1-2H3,(H,21,22)(H,23,24). The Morgan fingerprint density at radius 1 is 1.04 bits per heavy atom. The molecule has 0 saturated carbocycles. The molecule has 2 N–H and O–H groups in total. The van der Waals surface area contributed by atoms with E-state index in [1.165, 1.54) is 12.1 Å². The minimum Gasteiger partial charge on any atom is -0.481 e. The van der Waals surface area contributed by atoms with Crippen molar-refractivity contribution in [2.24, 2.45) is 5.92 Å². The van der Waals surface area contributed by atoms with E-state index in [2.05, 4.69) is 5.32 Å². The second-order valence-electron chi connectivity index (χ2n) is 6.31. The molecule has 0 aromatic heterocycles. The maximum absolute atomic E-state index is 12.4. The number of hydrogen-bond donors (Lipinski definition) is 2. The van der Waals surface area contributed by atoms with E-state index in [9.17, 15) is 23.1 Å². The maximum Gasteiger partial charge on any atom is 0.308 e. The van der Waals surface area contributed by atoms with Gasteiger partial charge in [-0.05, 0) is 30.2 Å². The van der Waals surface area contributed by atoms with Crippen molar-refractivity contribution in [1.29, 1.82) is 0 Å². The molecule has 27 heavy (non-hydrogen) atoms. The van der Waals surface area contributed by atoms with Crippen molar-refractivity contribution in [3.05, 3.63) is 65.7 Å². The summed E-state index contributed by atoms with van der Waals surface area (Å²) in [5, 5.41) is 12.1. The quantitative estimate of drug-likeness (QED) is 0.723.